The van der Waals surface area contributed by atoms with Crippen LogP contribution in [0.25, 0.3) is 6.08 Å². The fraction of sp³-hybridized carbons (Fsp3) is 0.167. The van der Waals surface area contributed by atoms with Crippen molar-refractivity contribution in [2.45, 2.75) is 13.3 Å². The second-order valence-electron chi connectivity index (χ2n) is 4.74. The fourth-order valence-electron chi connectivity index (χ4n) is 1.81. The van der Waals surface area contributed by atoms with E-state index in [-0.39, 0.29) is 5.78 Å². The molecular weight excluding hydrogens is 262 g/mol. The zero-order valence-corrected chi connectivity index (χ0v) is 12.1. The molecule has 108 valence electrons. The minimum Gasteiger partial charge on any atom is -0.494 e. The Kier molecular flexibility index (Phi) is 5.16. The summed E-state index contributed by atoms with van der Waals surface area (Å²) < 4.78 is 5.51. The molecule has 2 N–H and O–H groups in total. The van der Waals surface area contributed by atoms with Gasteiger partial charge in [0.1, 0.15) is 5.75 Å². The van der Waals surface area contributed by atoms with Crippen LogP contribution in [0.3, 0.4) is 0 Å². The standard InChI is InChI=1S/C18H19NO2/c1-2-13-21-17-10-3-14(4-11-17)5-12-18(20)15-6-8-16(19)9-7-15/h3-12H,2,13,19H2,1H3. The molecule has 3 nitrogen and oxygen atoms in total. The van der Waals surface area contributed by atoms with Crippen LogP contribution in [-0.2, 0) is 0 Å². The third-order valence-electron chi connectivity index (χ3n) is 2.98. The Hall–Kier alpha value is -2.55. The minimum absolute atomic E-state index is 0.0405. The first kappa shape index (κ1) is 14.9. The van der Waals surface area contributed by atoms with Crippen molar-refractivity contribution in [2.75, 3.05) is 12.3 Å². The number of ketones is 1. The van der Waals surface area contributed by atoms with Gasteiger partial charge in [-0.1, -0.05) is 25.1 Å². The number of allylic oxidation sites excluding steroid dienone is 1. The molecule has 0 radical (unpaired) electrons. The number of ether oxygens (including phenoxy) is 1. The van der Waals surface area contributed by atoms with Gasteiger partial charge in [0.25, 0.3) is 0 Å². The molecule has 3 heteroatoms. The van der Waals surface area contributed by atoms with E-state index in [4.69, 9.17) is 10.5 Å². The van der Waals surface area contributed by atoms with Crippen LogP contribution in [-0.4, -0.2) is 12.4 Å². The Morgan fingerprint density at radius 3 is 2.38 bits per heavy atom. The van der Waals surface area contributed by atoms with Gasteiger partial charge in [-0.2, -0.15) is 0 Å². The molecule has 0 aliphatic heterocycles. The second-order valence-corrected chi connectivity index (χ2v) is 4.74. The number of hydrogen-bond donors (Lipinski definition) is 1. The molecule has 0 aliphatic carbocycles. The van der Waals surface area contributed by atoms with Crippen LogP contribution < -0.4 is 10.5 Å². The highest BCUT2D eigenvalue weighted by molar-refractivity contribution is 6.06. The SMILES string of the molecule is CCCOc1ccc(C=CC(=O)c2ccc(N)cc2)cc1. The summed E-state index contributed by atoms with van der Waals surface area (Å²) in [7, 11) is 0. The van der Waals surface area contributed by atoms with Crippen molar-refractivity contribution in [3.05, 3.63) is 65.7 Å². The van der Waals surface area contributed by atoms with Gasteiger partial charge in [-0.3, -0.25) is 4.79 Å². The number of carbonyl (C=O) groups excluding carboxylic acids is 1. The zero-order valence-electron chi connectivity index (χ0n) is 12.1. The van der Waals surface area contributed by atoms with Crippen molar-refractivity contribution < 1.29 is 9.53 Å². The Morgan fingerprint density at radius 1 is 1.10 bits per heavy atom. The van der Waals surface area contributed by atoms with Crippen LogP contribution in [0.5, 0.6) is 5.75 Å². The summed E-state index contributed by atoms with van der Waals surface area (Å²) in [5.74, 6) is 0.806. The van der Waals surface area contributed by atoms with Crippen molar-refractivity contribution in [3.8, 4) is 5.75 Å². The van der Waals surface area contributed by atoms with Crippen molar-refractivity contribution in [1.29, 1.82) is 0 Å². The lowest BCUT2D eigenvalue weighted by Crippen LogP contribution is -1.95. The van der Waals surface area contributed by atoms with E-state index in [1.54, 1.807) is 36.4 Å². The zero-order chi connectivity index (χ0) is 15.1. The van der Waals surface area contributed by atoms with E-state index >= 15 is 0 Å². The molecule has 0 saturated heterocycles. The largest absolute Gasteiger partial charge is 0.494 e. The summed E-state index contributed by atoms with van der Waals surface area (Å²) in [5.41, 5.74) is 7.84. The van der Waals surface area contributed by atoms with Crippen LogP contribution in [0.2, 0.25) is 0 Å². The van der Waals surface area contributed by atoms with E-state index in [0.29, 0.717) is 17.9 Å². The van der Waals surface area contributed by atoms with Crippen LogP contribution in [0, 0.1) is 0 Å². The van der Waals surface area contributed by atoms with E-state index in [1.165, 1.54) is 0 Å². The van der Waals surface area contributed by atoms with Gasteiger partial charge < -0.3 is 10.5 Å². The van der Waals surface area contributed by atoms with Crippen molar-refractivity contribution in [2.24, 2.45) is 0 Å². The van der Waals surface area contributed by atoms with Crippen molar-refractivity contribution in [1.82, 2.24) is 0 Å². The normalized spacial score (nSPS) is 10.7. The van der Waals surface area contributed by atoms with E-state index in [2.05, 4.69) is 6.92 Å². The van der Waals surface area contributed by atoms with Crippen LogP contribution >= 0.6 is 0 Å². The molecule has 0 saturated carbocycles. The average Bonchev–Trinajstić information content (AvgIpc) is 2.52. The lowest BCUT2D eigenvalue weighted by molar-refractivity contribution is 0.104. The Bertz CT molecular complexity index is 613. The van der Waals surface area contributed by atoms with E-state index in [1.807, 2.05) is 24.3 Å². The molecule has 0 heterocycles. The quantitative estimate of drug-likeness (QED) is 0.495. The van der Waals surface area contributed by atoms with Gasteiger partial charge in [-0.05, 0) is 54.5 Å². The van der Waals surface area contributed by atoms with Crippen molar-refractivity contribution in [3.63, 3.8) is 0 Å². The molecular formula is C18H19NO2. The minimum atomic E-state index is -0.0405. The van der Waals surface area contributed by atoms with Gasteiger partial charge in [0.2, 0.25) is 0 Å². The summed E-state index contributed by atoms with van der Waals surface area (Å²) in [4.78, 5) is 12.0. The van der Waals surface area contributed by atoms with Gasteiger partial charge in [-0.15, -0.1) is 0 Å². The third kappa shape index (κ3) is 4.49. The van der Waals surface area contributed by atoms with Gasteiger partial charge in [-0.25, -0.2) is 0 Å². The molecule has 2 rings (SSSR count). The van der Waals surface area contributed by atoms with Gasteiger partial charge in [0, 0.05) is 11.3 Å². The molecule has 0 spiro atoms. The first-order valence-corrected chi connectivity index (χ1v) is 7.00. The maximum atomic E-state index is 12.0. The molecule has 2 aromatic rings. The van der Waals surface area contributed by atoms with Crippen LogP contribution in [0.4, 0.5) is 5.69 Å². The maximum Gasteiger partial charge on any atom is 0.185 e. The molecule has 0 aromatic heterocycles. The van der Waals surface area contributed by atoms with E-state index in [9.17, 15) is 4.79 Å². The number of benzene rings is 2. The monoisotopic (exact) mass is 281 g/mol. The maximum absolute atomic E-state index is 12.0. The number of hydrogen-bond acceptors (Lipinski definition) is 3. The predicted molar refractivity (Wildman–Crippen MR) is 86.4 cm³/mol. The number of nitrogens with two attached hydrogens (primary N) is 1. The Labute approximate surface area is 125 Å². The number of rotatable bonds is 6. The summed E-state index contributed by atoms with van der Waals surface area (Å²) in [5, 5.41) is 0. The van der Waals surface area contributed by atoms with Gasteiger partial charge >= 0.3 is 0 Å². The van der Waals surface area contributed by atoms with E-state index < -0.39 is 0 Å². The molecule has 0 atom stereocenters. The van der Waals surface area contributed by atoms with Gasteiger partial charge in [0.15, 0.2) is 5.78 Å². The molecule has 0 amide bonds. The van der Waals surface area contributed by atoms with Crippen molar-refractivity contribution >= 4 is 17.5 Å². The lowest BCUT2D eigenvalue weighted by atomic mass is 10.1. The smallest absolute Gasteiger partial charge is 0.185 e. The Balaban J connectivity index is 2.00. The fourth-order valence-corrected chi connectivity index (χ4v) is 1.81. The number of anilines is 1. The first-order valence-electron chi connectivity index (χ1n) is 7.00. The van der Waals surface area contributed by atoms with E-state index in [0.717, 1.165) is 17.7 Å². The topological polar surface area (TPSA) is 52.3 Å². The lowest BCUT2D eigenvalue weighted by Gasteiger charge is -2.04. The average molecular weight is 281 g/mol. The molecule has 0 unspecified atom stereocenters. The highest BCUT2D eigenvalue weighted by Gasteiger charge is 2.00. The summed E-state index contributed by atoms with van der Waals surface area (Å²) in [6, 6.07) is 14.6. The first-order chi connectivity index (χ1) is 10.2. The Morgan fingerprint density at radius 2 is 1.76 bits per heavy atom. The molecule has 0 bridgehead atoms. The second kappa shape index (κ2) is 7.29. The molecule has 0 aliphatic rings. The molecule has 0 fully saturated rings. The van der Waals surface area contributed by atoms with Crippen LogP contribution in [0.15, 0.2) is 54.6 Å². The highest BCUT2D eigenvalue weighted by Crippen LogP contribution is 2.14. The highest BCUT2D eigenvalue weighted by atomic mass is 16.5. The number of carbonyl (C=O) groups is 1. The third-order valence-corrected chi connectivity index (χ3v) is 2.98. The predicted octanol–water partition coefficient (Wildman–Crippen LogP) is 3.95. The summed E-state index contributed by atoms with van der Waals surface area (Å²) in [6.07, 6.45) is 4.34. The number of nitrogen functional groups attached to an aromatic ring is 1. The molecule has 21 heavy (non-hydrogen) atoms. The summed E-state index contributed by atoms with van der Waals surface area (Å²) in [6.45, 7) is 2.78. The molecule has 2 aromatic carbocycles. The summed E-state index contributed by atoms with van der Waals surface area (Å²) >= 11 is 0. The van der Waals surface area contributed by atoms with Gasteiger partial charge in [0.05, 0.1) is 6.61 Å². The van der Waals surface area contributed by atoms with Crippen LogP contribution in [0.1, 0.15) is 29.3 Å².